The Morgan fingerprint density at radius 2 is 1.84 bits per heavy atom. The predicted molar refractivity (Wildman–Crippen MR) is 75.7 cm³/mol. The quantitative estimate of drug-likeness (QED) is 0.709. The molecule has 3 unspecified atom stereocenters. The molecule has 2 nitrogen and oxygen atoms in total. The third-order valence-electron chi connectivity index (χ3n) is 6.29. The van der Waals surface area contributed by atoms with Gasteiger partial charge in [0.15, 0.2) is 0 Å². The van der Waals surface area contributed by atoms with Crippen LogP contribution in [0.5, 0.6) is 0 Å². The van der Waals surface area contributed by atoms with Crippen molar-refractivity contribution in [2.75, 3.05) is 0 Å². The molecule has 0 aromatic carbocycles. The number of hydrogen-bond acceptors (Lipinski definition) is 2. The van der Waals surface area contributed by atoms with E-state index in [-0.39, 0.29) is 12.1 Å². The van der Waals surface area contributed by atoms with Crippen LogP contribution in [0.1, 0.15) is 71.6 Å². The Morgan fingerprint density at radius 3 is 2.47 bits per heavy atom. The molecule has 3 rings (SSSR count). The normalized spacial score (nSPS) is 37.5. The highest BCUT2D eigenvalue weighted by Gasteiger charge is 2.53. The first-order valence-corrected chi connectivity index (χ1v) is 8.27. The highest BCUT2D eigenvalue weighted by molar-refractivity contribution is 5.70. The minimum atomic E-state index is 0.0810. The fraction of sp³-hybridized carbons (Fsp3) is 0.941. The smallest absolute Gasteiger partial charge is 0.306 e. The van der Waals surface area contributed by atoms with Gasteiger partial charge in [0.1, 0.15) is 6.10 Å². The van der Waals surface area contributed by atoms with Gasteiger partial charge in [0.05, 0.1) is 0 Å². The van der Waals surface area contributed by atoms with Gasteiger partial charge in [-0.3, -0.25) is 4.79 Å². The number of hydrogen-bond donors (Lipinski definition) is 0. The minimum absolute atomic E-state index is 0.0810. The molecule has 0 amide bonds. The van der Waals surface area contributed by atoms with Crippen LogP contribution in [0.15, 0.2) is 0 Å². The van der Waals surface area contributed by atoms with E-state index >= 15 is 0 Å². The zero-order chi connectivity index (χ0) is 13.5. The Morgan fingerprint density at radius 1 is 1.11 bits per heavy atom. The number of esters is 1. The molecule has 2 heteroatoms. The molecule has 3 aliphatic rings. The summed E-state index contributed by atoms with van der Waals surface area (Å²) in [6, 6.07) is 0. The molecule has 19 heavy (non-hydrogen) atoms. The summed E-state index contributed by atoms with van der Waals surface area (Å²) in [5.41, 5.74) is 0.356. The van der Waals surface area contributed by atoms with Gasteiger partial charge in [0, 0.05) is 6.42 Å². The second kappa shape index (κ2) is 5.10. The van der Waals surface area contributed by atoms with Gasteiger partial charge in [0.2, 0.25) is 0 Å². The van der Waals surface area contributed by atoms with Crippen LogP contribution in [0.2, 0.25) is 0 Å². The second-order valence-corrected chi connectivity index (χ2v) is 7.65. The Bertz CT molecular complexity index is 341. The first kappa shape index (κ1) is 13.5. The minimum Gasteiger partial charge on any atom is -0.462 e. The monoisotopic (exact) mass is 264 g/mol. The summed E-state index contributed by atoms with van der Waals surface area (Å²) in [4.78, 5) is 12.2. The summed E-state index contributed by atoms with van der Waals surface area (Å²) in [6.45, 7) is 4.74. The van der Waals surface area contributed by atoms with Crippen molar-refractivity contribution in [1.29, 1.82) is 0 Å². The fourth-order valence-electron chi connectivity index (χ4n) is 4.99. The Hall–Kier alpha value is -0.530. The van der Waals surface area contributed by atoms with Gasteiger partial charge in [-0.25, -0.2) is 0 Å². The number of carbonyl (C=O) groups is 1. The molecule has 0 aromatic rings. The van der Waals surface area contributed by atoms with Gasteiger partial charge in [0.25, 0.3) is 0 Å². The van der Waals surface area contributed by atoms with Gasteiger partial charge in [-0.15, -0.1) is 0 Å². The van der Waals surface area contributed by atoms with Crippen molar-refractivity contribution >= 4 is 5.97 Å². The third-order valence-corrected chi connectivity index (χ3v) is 6.29. The van der Waals surface area contributed by atoms with Gasteiger partial charge >= 0.3 is 5.97 Å². The van der Waals surface area contributed by atoms with Crippen LogP contribution in [0, 0.1) is 23.2 Å². The van der Waals surface area contributed by atoms with E-state index in [9.17, 15) is 4.79 Å². The van der Waals surface area contributed by atoms with Crippen molar-refractivity contribution in [1.82, 2.24) is 0 Å². The average Bonchev–Trinajstić information content (AvgIpc) is 2.93. The SMILES string of the molecule is CC1(C)C2CCC(C2)C1CC(=O)OC1CCCCC1. The van der Waals surface area contributed by atoms with E-state index < -0.39 is 0 Å². The lowest BCUT2D eigenvalue weighted by Crippen LogP contribution is -2.33. The Kier molecular flexibility index (Phi) is 3.61. The lowest BCUT2D eigenvalue weighted by atomic mass is 9.67. The third kappa shape index (κ3) is 2.55. The van der Waals surface area contributed by atoms with Crippen molar-refractivity contribution in [2.45, 2.75) is 77.7 Å². The maximum atomic E-state index is 12.2. The molecular weight excluding hydrogens is 236 g/mol. The lowest BCUT2D eigenvalue weighted by Gasteiger charge is -2.38. The zero-order valence-corrected chi connectivity index (χ0v) is 12.5. The van der Waals surface area contributed by atoms with Crippen LogP contribution < -0.4 is 0 Å². The predicted octanol–water partition coefficient (Wildman–Crippen LogP) is 4.32. The largest absolute Gasteiger partial charge is 0.462 e. The molecule has 3 aliphatic carbocycles. The molecule has 2 bridgehead atoms. The maximum Gasteiger partial charge on any atom is 0.306 e. The highest BCUT2D eigenvalue weighted by Crippen LogP contribution is 2.60. The lowest BCUT2D eigenvalue weighted by molar-refractivity contribution is -0.153. The zero-order valence-electron chi connectivity index (χ0n) is 12.5. The number of carbonyl (C=O) groups excluding carboxylic acids is 1. The van der Waals surface area contributed by atoms with E-state index in [4.69, 9.17) is 4.74 Å². The van der Waals surface area contributed by atoms with Crippen LogP contribution in [0.4, 0.5) is 0 Å². The van der Waals surface area contributed by atoms with E-state index in [1.54, 1.807) is 0 Å². The molecule has 0 spiro atoms. The first-order valence-electron chi connectivity index (χ1n) is 8.27. The van der Waals surface area contributed by atoms with E-state index in [2.05, 4.69) is 13.8 Å². The Labute approximate surface area is 117 Å². The van der Waals surface area contributed by atoms with Crippen LogP contribution in [-0.2, 0) is 9.53 Å². The van der Waals surface area contributed by atoms with Gasteiger partial charge in [-0.05, 0) is 68.1 Å². The van der Waals surface area contributed by atoms with E-state index in [0.717, 1.165) is 24.7 Å². The highest BCUT2D eigenvalue weighted by atomic mass is 16.5. The van der Waals surface area contributed by atoms with Gasteiger partial charge in [-0.2, -0.15) is 0 Å². The summed E-state index contributed by atoms with van der Waals surface area (Å²) in [6.07, 6.45) is 10.9. The molecular formula is C17H28O2. The molecule has 0 heterocycles. The Balaban J connectivity index is 1.54. The summed E-state index contributed by atoms with van der Waals surface area (Å²) < 4.78 is 5.72. The van der Waals surface area contributed by atoms with E-state index in [1.165, 1.54) is 38.5 Å². The van der Waals surface area contributed by atoms with Gasteiger partial charge < -0.3 is 4.74 Å². The van der Waals surface area contributed by atoms with Crippen LogP contribution in [0.3, 0.4) is 0 Å². The number of rotatable bonds is 3. The standard InChI is InChI=1S/C17H28O2/c1-17(2)13-9-8-12(10-13)15(17)11-16(18)19-14-6-4-3-5-7-14/h12-15H,3-11H2,1-2H3. The number of fused-ring (bicyclic) bond motifs is 2. The summed E-state index contributed by atoms with van der Waals surface area (Å²) in [7, 11) is 0. The molecule has 3 atom stereocenters. The fourth-order valence-corrected chi connectivity index (χ4v) is 4.99. The first-order chi connectivity index (χ1) is 9.07. The molecule has 0 radical (unpaired) electrons. The summed E-state index contributed by atoms with van der Waals surface area (Å²) in [5, 5.41) is 0. The van der Waals surface area contributed by atoms with Crippen molar-refractivity contribution < 1.29 is 9.53 Å². The van der Waals surface area contributed by atoms with Crippen molar-refractivity contribution in [3.63, 3.8) is 0 Å². The maximum absolute atomic E-state index is 12.2. The summed E-state index contributed by atoms with van der Waals surface area (Å²) in [5.74, 6) is 2.30. The molecule has 0 N–H and O–H groups in total. The molecule has 3 saturated carbocycles. The van der Waals surface area contributed by atoms with Crippen molar-refractivity contribution in [2.24, 2.45) is 23.2 Å². The molecule has 0 aliphatic heterocycles. The van der Waals surface area contributed by atoms with Crippen LogP contribution in [0.25, 0.3) is 0 Å². The van der Waals surface area contributed by atoms with E-state index in [1.807, 2.05) is 0 Å². The van der Waals surface area contributed by atoms with Crippen LogP contribution in [-0.4, -0.2) is 12.1 Å². The average molecular weight is 264 g/mol. The molecule has 0 aromatic heterocycles. The number of ether oxygens (including phenoxy) is 1. The molecule has 108 valence electrons. The summed E-state index contributed by atoms with van der Waals surface area (Å²) >= 11 is 0. The van der Waals surface area contributed by atoms with Crippen molar-refractivity contribution in [3.05, 3.63) is 0 Å². The van der Waals surface area contributed by atoms with Crippen molar-refractivity contribution in [3.8, 4) is 0 Å². The second-order valence-electron chi connectivity index (χ2n) is 7.65. The topological polar surface area (TPSA) is 26.3 Å². The van der Waals surface area contributed by atoms with Gasteiger partial charge in [-0.1, -0.05) is 20.3 Å². The van der Waals surface area contributed by atoms with Crippen LogP contribution >= 0.6 is 0 Å². The molecule has 0 saturated heterocycles. The molecule has 3 fully saturated rings. The van der Waals surface area contributed by atoms with E-state index in [0.29, 0.717) is 17.8 Å².